The fourth-order valence-corrected chi connectivity index (χ4v) is 4.24. The molecule has 150 valence electrons. The van der Waals surface area contributed by atoms with Crippen molar-refractivity contribution in [2.45, 2.75) is 23.1 Å². The van der Waals surface area contributed by atoms with Gasteiger partial charge in [0.05, 0.1) is 17.1 Å². The lowest BCUT2D eigenvalue weighted by atomic mass is 10.2. The van der Waals surface area contributed by atoms with E-state index in [1.54, 1.807) is 30.0 Å². The zero-order valence-corrected chi connectivity index (χ0v) is 17.2. The van der Waals surface area contributed by atoms with Crippen molar-refractivity contribution in [1.29, 1.82) is 0 Å². The van der Waals surface area contributed by atoms with Gasteiger partial charge in [-0.25, -0.2) is 8.42 Å². The van der Waals surface area contributed by atoms with E-state index >= 15 is 0 Å². The van der Waals surface area contributed by atoms with Crippen LogP contribution in [0.15, 0.2) is 64.4 Å². The van der Waals surface area contributed by atoms with Crippen LogP contribution in [0, 0.1) is 6.92 Å². The second kappa shape index (κ2) is 10.9. The van der Waals surface area contributed by atoms with E-state index in [1.807, 2.05) is 31.2 Å². The van der Waals surface area contributed by atoms with Gasteiger partial charge in [0.25, 0.3) is 5.91 Å². The number of ether oxygens (including phenoxy) is 1. The normalized spacial score (nSPS) is 11.0. The van der Waals surface area contributed by atoms with Gasteiger partial charge < -0.3 is 10.1 Å². The minimum atomic E-state index is -3.54. The quantitative estimate of drug-likeness (QED) is 0.360. The van der Waals surface area contributed by atoms with E-state index < -0.39 is 28.3 Å². The lowest BCUT2D eigenvalue weighted by molar-refractivity contribution is -0.148. The second-order valence-corrected chi connectivity index (χ2v) is 9.33. The van der Waals surface area contributed by atoms with Crippen LogP contribution in [0.4, 0.5) is 0 Å². The topological polar surface area (TPSA) is 89.5 Å². The molecule has 8 heteroatoms. The average molecular weight is 422 g/mol. The Hall–Kier alpha value is -2.32. The van der Waals surface area contributed by atoms with E-state index in [0.29, 0.717) is 12.3 Å². The van der Waals surface area contributed by atoms with Crippen molar-refractivity contribution in [3.63, 3.8) is 0 Å². The zero-order valence-electron chi connectivity index (χ0n) is 15.6. The standard InChI is InChI=1S/C20H23NO5S2/c1-16-7-9-17(10-8-16)27-13-12-21-19(22)15-26-20(23)11-14-28(24,25)18-5-3-2-4-6-18/h2-10H,11-15H2,1H3,(H,21,22). The Balaban J connectivity index is 1.61. The Bertz CT molecular complexity index is 881. The van der Waals surface area contributed by atoms with Crippen LogP contribution in [0.25, 0.3) is 0 Å². The van der Waals surface area contributed by atoms with Crippen molar-refractivity contribution in [1.82, 2.24) is 5.32 Å². The first kappa shape index (κ1) is 22.0. The van der Waals surface area contributed by atoms with Crippen molar-refractivity contribution in [3.05, 3.63) is 60.2 Å². The van der Waals surface area contributed by atoms with Gasteiger partial charge in [-0.2, -0.15) is 0 Å². The van der Waals surface area contributed by atoms with Crippen LogP contribution in [0.1, 0.15) is 12.0 Å². The lowest BCUT2D eigenvalue weighted by Gasteiger charge is -2.07. The molecule has 28 heavy (non-hydrogen) atoms. The maximum Gasteiger partial charge on any atom is 0.307 e. The van der Waals surface area contributed by atoms with Crippen LogP contribution >= 0.6 is 11.8 Å². The summed E-state index contributed by atoms with van der Waals surface area (Å²) in [6.07, 6.45) is -0.298. The SMILES string of the molecule is Cc1ccc(SCCNC(=O)COC(=O)CCS(=O)(=O)c2ccccc2)cc1. The minimum absolute atomic E-state index is 0.159. The predicted molar refractivity (Wildman–Crippen MR) is 109 cm³/mol. The van der Waals surface area contributed by atoms with Gasteiger partial charge in [-0.05, 0) is 31.2 Å². The monoisotopic (exact) mass is 421 g/mol. The fourth-order valence-electron chi connectivity index (χ4n) is 2.23. The number of hydrogen-bond donors (Lipinski definition) is 1. The molecule has 1 N–H and O–H groups in total. The smallest absolute Gasteiger partial charge is 0.307 e. The molecule has 0 aliphatic carbocycles. The van der Waals surface area contributed by atoms with E-state index in [0.717, 1.165) is 4.90 Å². The van der Waals surface area contributed by atoms with Gasteiger partial charge in [-0.1, -0.05) is 35.9 Å². The third-order valence-electron chi connectivity index (χ3n) is 3.76. The largest absolute Gasteiger partial charge is 0.456 e. The van der Waals surface area contributed by atoms with Gasteiger partial charge in [0.1, 0.15) is 0 Å². The highest BCUT2D eigenvalue weighted by molar-refractivity contribution is 7.99. The molecule has 0 unspecified atom stereocenters. The number of nitrogens with one attached hydrogen (secondary N) is 1. The molecule has 0 aromatic heterocycles. The maximum absolute atomic E-state index is 12.1. The molecule has 2 rings (SSSR count). The molecule has 0 spiro atoms. The molecule has 0 bridgehead atoms. The summed E-state index contributed by atoms with van der Waals surface area (Å²) < 4.78 is 29.0. The Morgan fingerprint density at radius 1 is 1.04 bits per heavy atom. The molecular formula is C20H23NO5S2. The Morgan fingerprint density at radius 3 is 2.39 bits per heavy atom. The molecule has 0 radical (unpaired) electrons. The molecule has 0 aliphatic rings. The molecule has 1 amide bonds. The fraction of sp³-hybridized carbons (Fsp3) is 0.300. The highest BCUT2D eigenvalue weighted by atomic mass is 32.2. The van der Waals surface area contributed by atoms with E-state index in [9.17, 15) is 18.0 Å². The molecule has 6 nitrogen and oxygen atoms in total. The van der Waals surface area contributed by atoms with Crippen molar-refractivity contribution >= 4 is 33.5 Å². The maximum atomic E-state index is 12.1. The molecule has 0 saturated carbocycles. The Morgan fingerprint density at radius 2 is 1.71 bits per heavy atom. The molecule has 2 aromatic rings. The number of rotatable bonds is 10. The summed E-state index contributed by atoms with van der Waals surface area (Å²) in [7, 11) is -3.54. The van der Waals surface area contributed by atoms with E-state index in [2.05, 4.69) is 5.32 Å². The third kappa shape index (κ3) is 7.74. The predicted octanol–water partition coefficient (Wildman–Crippen LogP) is 2.61. The molecule has 2 aromatic carbocycles. The van der Waals surface area contributed by atoms with Gasteiger partial charge in [0.2, 0.25) is 0 Å². The van der Waals surface area contributed by atoms with Crippen molar-refractivity contribution in [3.8, 4) is 0 Å². The highest BCUT2D eigenvalue weighted by Gasteiger charge is 2.17. The van der Waals surface area contributed by atoms with E-state index in [-0.39, 0.29) is 17.1 Å². The van der Waals surface area contributed by atoms with Gasteiger partial charge in [-0.3, -0.25) is 9.59 Å². The summed E-state index contributed by atoms with van der Waals surface area (Å²) in [6.45, 7) is 2.05. The third-order valence-corrected chi connectivity index (χ3v) is 6.50. The number of benzene rings is 2. The number of amides is 1. The van der Waals surface area contributed by atoms with Crippen LogP contribution in [0.3, 0.4) is 0 Å². The van der Waals surface area contributed by atoms with Crippen molar-refractivity contribution < 1.29 is 22.7 Å². The number of hydrogen-bond acceptors (Lipinski definition) is 6. The van der Waals surface area contributed by atoms with Gasteiger partial charge in [0, 0.05) is 17.2 Å². The summed E-state index contributed by atoms with van der Waals surface area (Å²) in [6, 6.07) is 16.0. The molecule has 0 heterocycles. The summed E-state index contributed by atoms with van der Waals surface area (Å²) in [5.74, 6) is -0.796. The van der Waals surface area contributed by atoms with Crippen LogP contribution in [-0.2, 0) is 24.2 Å². The summed E-state index contributed by atoms with van der Waals surface area (Å²) >= 11 is 1.62. The molecule has 0 fully saturated rings. The number of carbonyl (C=O) groups excluding carboxylic acids is 2. The number of aryl methyl sites for hydroxylation is 1. The first-order valence-corrected chi connectivity index (χ1v) is 11.4. The highest BCUT2D eigenvalue weighted by Crippen LogP contribution is 2.17. The van der Waals surface area contributed by atoms with Crippen molar-refractivity contribution in [2.75, 3.05) is 24.7 Å². The van der Waals surface area contributed by atoms with E-state index in [1.165, 1.54) is 17.7 Å². The minimum Gasteiger partial charge on any atom is -0.456 e. The molecule has 0 aliphatic heterocycles. The Labute approximate surface area is 169 Å². The number of thioether (sulfide) groups is 1. The molecular weight excluding hydrogens is 398 g/mol. The molecule has 0 atom stereocenters. The van der Waals surface area contributed by atoms with Crippen LogP contribution < -0.4 is 5.32 Å². The average Bonchev–Trinajstić information content (AvgIpc) is 2.70. The van der Waals surface area contributed by atoms with Gasteiger partial charge >= 0.3 is 5.97 Å². The van der Waals surface area contributed by atoms with E-state index in [4.69, 9.17) is 4.74 Å². The van der Waals surface area contributed by atoms with Crippen LogP contribution in [0.5, 0.6) is 0 Å². The van der Waals surface area contributed by atoms with Crippen LogP contribution in [-0.4, -0.2) is 45.0 Å². The summed E-state index contributed by atoms with van der Waals surface area (Å²) in [5, 5.41) is 2.66. The zero-order chi connectivity index (χ0) is 20.4. The van der Waals surface area contributed by atoms with Gasteiger partial charge in [0.15, 0.2) is 16.4 Å². The van der Waals surface area contributed by atoms with Gasteiger partial charge in [-0.15, -0.1) is 11.8 Å². The molecule has 0 saturated heterocycles. The second-order valence-electron chi connectivity index (χ2n) is 6.05. The van der Waals surface area contributed by atoms with Crippen molar-refractivity contribution in [2.24, 2.45) is 0 Å². The number of esters is 1. The Kier molecular flexibility index (Phi) is 8.53. The first-order chi connectivity index (χ1) is 13.4. The lowest BCUT2D eigenvalue weighted by Crippen LogP contribution is -2.30. The number of sulfone groups is 1. The summed E-state index contributed by atoms with van der Waals surface area (Å²) in [5.41, 5.74) is 1.19. The number of carbonyl (C=O) groups is 2. The summed E-state index contributed by atoms with van der Waals surface area (Å²) in [4.78, 5) is 24.7. The van der Waals surface area contributed by atoms with Crippen LogP contribution in [0.2, 0.25) is 0 Å². The first-order valence-electron chi connectivity index (χ1n) is 8.76.